The van der Waals surface area contributed by atoms with Crippen molar-refractivity contribution >= 4 is 21.9 Å². The van der Waals surface area contributed by atoms with Gasteiger partial charge < -0.3 is 14.7 Å². The minimum Gasteiger partial charge on any atom is -0.508 e. The van der Waals surface area contributed by atoms with Gasteiger partial charge in [0, 0.05) is 17.5 Å². The Morgan fingerprint density at radius 2 is 1.73 bits per heavy atom. The maximum absolute atomic E-state index is 13.8. The predicted octanol–water partition coefficient (Wildman–Crippen LogP) is 5.78. The summed E-state index contributed by atoms with van der Waals surface area (Å²) in [5.41, 5.74) is 4.32. The van der Waals surface area contributed by atoms with Gasteiger partial charge in [0.1, 0.15) is 17.9 Å². The Hall–Kier alpha value is -3.69. The Labute approximate surface area is 264 Å². The largest absolute Gasteiger partial charge is 0.508 e. The lowest BCUT2D eigenvalue weighted by Gasteiger charge is -2.50. The molecule has 3 N–H and O–H groups in total. The number of ether oxygens (including phenoxy) is 1. The van der Waals surface area contributed by atoms with Crippen LogP contribution in [0.1, 0.15) is 79.3 Å². The maximum Gasteiger partial charge on any atom is 0.329 e. The van der Waals surface area contributed by atoms with Crippen LogP contribution in [0.4, 0.5) is 0 Å². The molecule has 0 aromatic heterocycles. The van der Waals surface area contributed by atoms with Crippen LogP contribution >= 0.6 is 0 Å². The zero-order valence-electron chi connectivity index (χ0n) is 25.5. The molecule has 45 heavy (non-hydrogen) atoms. The molecule has 236 valence electrons. The number of fused-ring (bicyclic) bond motifs is 5. The zero-order chi connectivity index (χ0) is 31.5. The first-order valence-electron chi connectivity index (χ1n) is 16.1. The van der Waals surface area contributed by atoms with Crippen molar-refractivity contribution in [1.82, 2.24) is 4.90 Å². The summed E-state index contributed by atoms with van der Waals surface area (Å²) in [7, 11) is -3.87. The van der Waals surface area contributed by atoms with E-state index < -0.39 is 16.1 Å². The topological polar surface area (TPSA) is 127 Å². The number of nitrogens with zero attached hydrogens (tertiary/aromatic N) is 1. The summed E-state index contributed by atoms with van der Waals surface area (Å²) in [5, 5.41) is 15.3. The summed E-state index contributed by atoms with van der Waals surface area (Å²) in [6.45, 7) is 2.78. The highest BCUT2D eigenvalue weighted by Crippen LogP contribution is 2.61. The van der Waals surface area contributed by atoms with Gasteiger partial charge in [-0.2, -0.15) is 0 Å². The molecule has 1 heterocycles. The fraction of sp³-hybridized carbons (Fsp3) is 0.444. The van der Waals surface area contributed by atoms with Gasteiger partial charge in [-0.15, -0.1) is 0 Å². The highest BCUT2D eigenvalue weighted by atomic mass is 32.2. The van der Waals surface area contributed by atoms with E-state index in [0.717, 1.165) is 44.9 Å². The van der Waals surface area contributed by atoms with Gasteiger partial charge in [0.25, 0.3) is 5.91 Å². The number of aromatic hydroxyl groups is 1. The number of esters is 1. The summed E-state index contributed by atoms with van der Waals surface area (Å²) in [6.07, 6.45) is 7.13. The van der Waals surface area contributed by atoms with Crippen molar-refractivity contribution in [2.75, 3.05) is 6.54 Å². The minimum atomic E-state index is -3.87. The second-order valence-corrected chi connectivity index (χ2v) is 15.2. The third kappa shape index (κ3) is 5.33. The van der Waals surface area contributed by atoms with Crippen molar-refractivity contribution in [1.29, 1.82) is 0 Å². The molecule has 1 amide bonds. The summed E-state index contributed by atoms with van der Waals surface area (Å²) in [6, 6.07) is 18.6. The molecular weight excluding hydrogens is 588 g/mol. The molecule has 3 aliphatic carbocycles. The number of likely N-dealkylation sites (tertiary alicyclic amines) is 1. The molecule has 0 radical (unpaired) electrons. The van der Waals surface area contributed by atoms with E-state index in [9.17, 15) is 23.1 Å². The summed E-state index contributed by atoms with van der Waals surface area (Å²) >= 11 is 0. The number of nitrogens with two attached hydrogens (primary N) is 1. The van der Waals surface area contributed by atoms with Crippen LogP contribution in [0.25, 0.3) is 11.1 Å². The fourth-order valence-electron chi connectivity index (χ4n) is 9.04. The van der Waals surface area contributed by atoms with Crippen LogP contribution in [0.2, 0.25) is 0 Å². The molecule has 6 atom stereocenters. The highest BCUT2D eigenvalue weighted by molar-refractivity contribution is 7.89. The van der Waals surface area contributed by atoms with Crippen molar-refractivity contribution in [3.8, 4) is 16.9 Å². The van der Waals surface area contributed by atoms with Crippen LogP contribution < -0.4 is 5.14 Å². The van der Waals surface area contributed by atoms with Crippen LogP contribution in [0.3, 0.4) is 0 Å². The van der Waals surface area contributed by atoms with Crippen molar-refractivity contribution in [3.05, 3.63) is 83.4 Å². The second kappa shape index (κ2) is 11.3. The van der Waals surface area contributed by atoms with Gasteiger partial charge in [0.15, 0.2) is 0 Å². The summed E-state index contributed by atoms with van der Waals surface area (Å²) in [5.74, 6) is 1.31. The normalized spacial score (nSPS) is 29.0. The molecule has 4 aliphatic rings. The molecular formula is C36H40N2O6S. The third-order valence-electron chi connectivity index (χ3n) is 11.3. The van der Waals surface area contributed by atoms with E-state index in [1.165, 1.54) is 23.3 Å². The number of primary sulfonamides is 1. The smallest absolute Gasteiger partial charge is 0.329 e. The van der Waals surface area contributed by atoms with Gasteiger partial charge >= 0.3 is 5.97 Å². The van der Waals surface area contributed by atoms with Crippen molar-refractivity contribution in [2.45, 2.75) is 81.2 Å². The molecule has 1 saturated heterocycles. The molecule has 7 rings (SSSR count). The first-order valence-corrected chi connectivity index (χ1v) is 17.6. The van der Waals surface area contributed by atoms with Gasteiger partial charge in [-0.1, -0.05) is 37.3 Å². The number of carbonyl (C=O) groups excluding carboxylic acids is 2. The van der Waals surface area contributed by atoms with Crippen LogP contribution in [0, 0.1) is 17.3 Å². The molecule has 2 saturated carbocycles. The van der Waals surface area contributed by atoms with Crippen molar-refractivity contribution in [3.63, 3.8) is 0 Å². The lowest BCUT2D eigenvalue weighted by atomic mass is 9.55. The van der Waals surface area contributed by atoms with E-state index in [0.29, 0.717) is 53.2 Å². The first-order chi connectivity index (χ1) is 21.5. The number of rotatable bonds is 5. The van der Waals surface area contributed by atoms with Crippen LogP contribution in [-0.2, 0) is 26.0 Å². The van der Waals surface area contributed by atoms with E-state index in [-0.39, 0.29) is 28.3 Å². The van der Waals surface area contributed by atoms with Crippen molar-refractivity contribution in [2.24, 2.45) is 22.4 Å². The van der Waals surface area contributed by atoms with Gasteiger partial charge in [0.05, 0.1) is 4.90 Å². The number of phenols is 1. The van der Waals surface area contributed by atoms with Gasteiger partial charge in [-0.25, -0.2) is 18.4 Å². The van der Waals surface area contributed by atoms with E-state index in [2.05, 4.69) is 13.0 Å². The SMILES string of the molecule is C[C@]12CC[C@@H]3c4ccc(O)cc4CC[C@H]3[C@@H]1CC[C@@H]2OC(=O)[C@@H]1CCCN1C(=O)c1cccc(-c2cccc(S(N)(=O)=O)c2)c1. The number of benzene rings is 3. The number of carbonyl (C=O) groups is 2. The number of hydrogen-bond acceptors (Lipinski definition) is 6. The van der Waals surface area contributed by atoms with Crippen LogP contribution in [0.15, 0.2) is 71.6 Å². The quantitative estimate of drug-likeness (QED) is 0.345. The Morgan fingerprint density at radius 1 is 0.956 bits per heavy atom. The summed E-state index contributed by atoms with van der Waals surface area (Å²) < 4.78 is 30.1. The minimum absolute atomic E-state index is 0.00371. The number of sulfonamides is 1. The maximum atomic E-state index is 13.8. The number of aryl methyl sites for hydroxylation is 1. The molecule has 0 unspecified atom stereocenters. The standard InChI is InChI=1S/C36H40N2O6S/c1-36-17-16-29-28-13-11-26(39)20-24(28)10-12-30(29)31(36)14-15-33(36)44-35(41)32-9-4-18-38(32)34(40)25-7-2-5-22(19-25)23-6-3-8-27(21-23)45(37,42)43/h2-3,5-8,11,13,19-21,29-33,39H,4,9-10,12,14-18H2,1H3,(H2,37,42,43)/t29-,30-,31+,32+,33+,36+/m1/s1. The third-order valence-corrected chi connectivity index (χ3v) is 12.2. The highest BCUT2D eigenvalue weighted by Gasteiger charge is 2.56. The van der Waals surface area contributed by atoms with E-state index in [1.807, 2.05) is 18.2 Å². The van der Waals surface area contributed by atoms with Crippen LogP contribution in [0.5, 0.6) is 5.75 Å². The van der Waals surface area contributed by atoms with Gasteiger partial charge in [-0.05, 0) is 128 Å². The Kier molecular flexibility index (Phi) is 7.52. The number of hydrogen-bond donors (Lipinski definition) is 2. The lowest BCUT2D eigenvalue weighted by Crippen LogP contribution is -2.47. The molecule has 9 heteroatoms. The average molecular weight is 629 g/mol. The second-order valence-electron chi connectivity index (χ2n) is 13.7. The van der Waals surface area contributed by atoms with Gasteiger partial charge in [-0.3, -0.25) is 4.79 Å². The van der Waals surface area contributed by atoms with E-state index in [4.69, 9.17) is 9.88 Å². The fourth-order valence-corrected chi connectivity index (χ4v) is 9.60. The number of phenolic OH excluding ortho intramolecular Hbond substituents is 1. The van der Waals surface area contributed by atoms with Gasteiger partial charge in [0.2, 0.25) is 10.0 Å². The first kappa shape index (κ1) is 30.0. The molecule has 8 nitrogen and oxygen atoms in total. The monoisotopic (exact) mass is 628 g/mol. The van der Waals surface area contributed by atoms with Crippen LogP contribution in [-0.4, -0.2) is 49.0 Å². The molecule has 0 spiro atoms. The Balaban J connectivity index is 1.05. The molecule has 1 aliphatic heterocycles. The molecule has 3 aromatic carbocycles. The molecule has 0 bridgehead atoms. The average Bonchev–Trinajstić information content (AvgIpc) is 3.65. The molecule has 3 fully saturated rings. The lowest BCUT2D eigenvalue weighted by molar-refractivity contribution is -0.162. The van der Waals surface area contributed by atoms with Crippen molar-refractivity contribution < 1.29 is 27.9 Å². The Bertz CT molecular complexity index is 1770. The van der Waals surface area contributed by atoms with E-state index >= 15 is 0 Å². The number of amides is 1. The Morgan fingerprint density at radius 3 is 2.53 bits per heavy atom. The van der Waals surface area contributed by atoms with E-state index in [1.54, 1.807) is 35.2 Å². The predicted molar refractivity (Wildman–Crippen MR) is 170 cm³/mol. The molecule has 3 aromatic rings. The zero-order valence-corrected chi connectivity index (χ0v) is 26.3. The summed E-state index contributed by atoms with van der Waals surface area (Å²) in [4.78, 5) is 29.2.